The molecule has 0 aliphatic heterocycles. The van der Waals surface area contributed by atoms with Gasteiger partial charge in [-0.1, -0.05) is 60.7 Å². The number of aliphatic carboxylic acids is 2. The number of nitrogens with one attached hydrogen (secondary N) is 2. The minimum Gasteiger partial charge on any atom is -0.480 e. The first kappa shape index (κ1) is 20.1. The zero-order valence-corrected chi connectivity index (χ0v) is 14.7. The third-order valence-electron chi connectivity index (χ3n) is 4.01. The fraction of sp³-hybridized carbons (Fsp3) is 0.250. The Kier molecular flexibility index (Phi) is 7.51. The van der Waals surface area contributed by atoms with Crippen LogP contribution in [0.25, 0.3) is 0 Å². The molecule has 2 atom stereocenters. The summed E-state index contributed by atoms with van der Waals surface area (Å²) in [5, 5.41) is 23.7. The summed E-state index contributed by atoms with van der Waals surface area (Å²) in [5.74, 6) is -2.80. The SMILES string of the molecule is O=C(CNC(Cc1ccccc1)C(=O)O)NC(Cc1ccccc1)C(=O)O. The summed E-state index contributed by atoms with van der Waals surface area (Å²) in [5.41, 5.74) is 1.61. The largest absolute Gasteiger partial charge is 0.480 e. The summed E-state index contributed by atoms with van der Waals surface area (Å²) in [7, 11) is 0. The van der Waals surface area contributed by atoms with Gasteiger partial charge in [0.25, 0.3) is 0 Å². The average molecular weight is 370 g/mol. The summed E-state index contributed by atoms with van der Waals surface area (Å²) in [6, 6.07) is 16.0. The Balaban J connectivity index is 1.89. The van der Waals surface area contributed by atoms with Crippen molar-refractivity contribution in [1.29, 1.82) is 0 Å². The number of carboxylic acids is 2. The van der Waals surface area contributed by atoms with Gasteiger partial charge in [0.1, 0.15) is 12.1 Å². The van der Waals surface area contributed by atoms with Crippen molar-refractivity contribution < 1.29 is 24.6 Å². The number of benzene rings is 2. The van der Waals surface area contributed by atoms with Crippen LogP contribution in [-0.4, -0.2) is 46.7 Å². The fourth-order valence-electron chi connectivity index (χ4n) is 2.61. The van der Waals surface area contributed by atoms with Crippen LogP contribution in [0.3, 0.4) is 0 Å². The van der Waals surface area contributed by atoms with E-state index in [0.29, 0.717) is 0 Å². The van der Waals surface area contributed by atoms with Crippen molar-refractivity contribution in [3.63, 3.8) is 0 Å². The second kappa shape index (κ2) is 10.1. The van der Waals surface area contributed by atoms with E-state index in [-0.39, 0.29) is 19.4 Å². The number of carboxylic acid groups (broad SMARTS) is 2. The van der Waals surface area contributed by atoms with E-state index in [1.165, 1.54) is 0 Å². The highest BCUT2D eigenvalue weighted by atomic mass is 16.4. The van der Waals surface area contributed by atoms with Crippen molar-refractivity contribution in [2.75, 3.05) is 6.54 Å². The van der Waals surface area contributed by atoms with E-state index in [4.69, 9.17) is 0 Å². The molecule has 27 heavy (non-hydrogen) atoms. The summed E-state index contributed by atoms with van der Waals surface area (Å²) in [6.45, 7) is -0.289. The molecule has 2 unspecified atom stereocenters. The molecular formula is C20H22N2O5. The molecule has 0 bridgehead atoms. The second-order valence-corrected chi connectivity index (χ2v) is 6.11. The van der Waals surface area contributed by atoms with Gasteiger partial charge >= 0.3 is 11.9 Å². The predicted molar refractivity (Wildman–Crippen MR) is 99.3 cm³/mol. The van der Waals surface area contributed by atoms with Gasteiger partial charge in [-0.05, 0) is 17.5 Å². The van der Waals surface area contributed by atoms with Crippen molar-refractivity contribution in [3.05, 3.63) is 71.8 Å². The maximum atomic E-state index is 12.1. The van der Waals surface area contributed by atoms with E-state index in [1.807, 2.05) is 24.3 Å². The molecule has 0 saturated carbocycles. The van der Waals surface area contributed by atoms with Crippen molar-refractivity contribution in [2.24, 2.45) is 0 Å². The van der Waals surface area contributed by atoms with Crippen molar-refractivity contribution in [1.82, 2.24) is 10.6 Å². The summed E-state index contributed by atoms with van der Waals surface area (Å²) in [6.07, 6.45) is 0.365. The van der Waals surface area contributed by atoms with Crippen molar-refractivity contribution >= 4 is 17.8 Å². The van der Waals surface area contributed by atoms with Gasteiger partial charge in [0.15, 0.2) is 0 Å². The van der Waals surface area contributed by atoms with Crippen LogP contribution in [-0.2, 0) is 27.2 Å². The molecule has 7 nitrogen and oxygen atoms in total. The first-order valence-corrected chi connectivity index (χ1v) is 8.52. The highest BCUT2D eigenvalue weighted by molar-refractivity contribution is 5.85. The summed E-state index contributed by atoms with van der Waals surface area (Å²) < 4.78 is 0. The van der Waals surface area contributed by atoms with E-state index in [9.17, 15) is 24.6 Å². The normalized spacial score (nSPS) is 12.7. The monoisotopic (exact) mass is 370 g/mol. The number of carbonyl (C=O) groups is 3. The standard InChI is InChI=1S/C20H22N2O5/c23-18(22-17(20(26)27)12-15-9-5-2-6-10-15)13-21-16(19(24)25)11-14-7-3-1-4-8-14/h1-10,16-17,21H,11-13H2,(H,22,23)(H,24,25)(H,26,27). The van der Waals surface area contributed by atoms with Crippen LogP contribution in [0.2, 0.25) is 0 Å². The molecule has 2 rings (SSSR count). The molecule has 0 heterocycles. The Bertz CT molecular complexity index is 764. The topological polar surface area (TPSA) is 116 Å². The van der Waals surface area contributed by atoms with Gasteiger partial charge in [-0.25, -0.2) is 4.79 Å². The zero-order valence-electron chi connectivity index (χ0n) is 14.7. The second-order valence-electron chi connectivity index (χ2n) is 6.11. The molecule has 2 aromatic rings. The van der Waals surface area contributed by atoms with Gasteiger partial charge in [-0.3, -0.25) is 14.9 Å². The van der Waals surface area contributed by atoms with E-state index in [1.54, 1.807) is 36.4 Å². The molecule has 2 aromatic carbocycles. The van der Waals surface area contributed by atoms with Crippen LogP contribution >= 0.6 is 0 Å². The van der Waals surface area contributed by atoms with Crippen molar-refractivity contribution in [3.8, 4) is 0 Å². The first-order valence-electron chi connectivity index (χ1n) is 8.52. The van der Waals surface area contributed by atoms with Crippen LogP contribution in [0, 0.1) is 0 Å². The Morgan fingerprint density at radius 1 is 0.741 bits per heavy atom. The predicted octanol–water partition coefficient (Wildman–Crippen LogP) is 1.08. The highest BCUT2D eigenvalue weighted by Gasteiger charge is 2.22. The summed E-state index contributed by atoms with van der Waals surface area (Å²) >= 11 is 0. The molecule has 0 aromatic heterocycles. The number of amides is 1. The van der Waals surface area contributed by atoms with Crippen LogP contribution in [0.15, 0.2) is 60.7 Å². The highest BCUT2D eigenvalue weighted by Crippen LogP contribution is 2.05. The number of carbonyl (C=O) groups excluding carboxylic acids is 1. The minimum absolute atomic E-state index is 0.147. The van der Waals surface area contributed by atoms with E-state index >= 15 is 0 Å². The van der Waals surface area contributed by atoms with Gasteiger partial charge in [-0.15, -0.1) is 0 Å². The Morgan fingerprint density at radius 3 is 1.63 bits per heavy atom. The molecule has 1 amide bonds. The van der Waals surface area contributed by atoms with Crippen LogP contribution < -0.4 is 10.6 Å². The molecule has 7 heteroatoms. The molecule has 142 valence electrons. The molecule has 0 fully saturated rings. The number of rotatable bonds is 10. The van der Waals surface area contributed by atoms with Crippen molar-refractivity contribution in [2.45, 2.75) is 24.9 Å². The third-order valence-corrected chi connectivity index (χ3v) is 4.01. The Hall–Kier alpha value is -3.19. The molecule has 0 aliphatic carbocycles. The van der Waals surface area contributed by atoms with Gasteiger partial charge in [0.2, 0.25) is 5.91 Å². The molecule has 4 N–H and O–H groups in total. The summed E-state index contributed by atoms with van der Waals surface area (Å²) in [4.78, 5) is 34.9. The van der Waals surface area contributed by atoms with Crippen LogP contribution in [0.4, 0.5) is 0 Å². The Morgan fingerprint density at radius 2 is 1.19 bits per heavy atom. The van der Waals surface area contributed by atoms with E-state index in [2.05, 4.69) is 10.6 Å². The van der Waals surface area contributed by atoms with Crippen LogP contribution in [0.5, 0.6) is 0 Å². The minimum atomic E-state index is -1.15. The third kappa shape index (κ3) is 6.91. The lowest BCUT2D eigenvalue weighted by molar-refractivity contribution is -0.142. The first-order chi connectivity index (χ1) is 13.0. The lowest BCUT2D eigenvalue weighted by Crippen LogP contribution is -2.49. The smallest absolute Gasteiger partial charge is 0.326 e. The molecule has 0 radical (unpaired) electrons. The maximum absolute atomic E-state index is 12.1. The van der Waals surface area contributed by atoms with E-state index < -0.39 is 29.9 Å². The molecular weight excluding hydrogens is 348 g/mol. The van der Waals surface area contributed by atoms with E-state index in [0.717, 1.165) is 11.1 Å². The molecule has 0 saturated heterocycles. The van der Waals surface area contributed by atoms with Gasteiger partial charge in [0, 0.05) is 6.42 Å². The Labute approximate surface area is 157 Å². The maximum Gasteiger partial charge on any atom is 0.326 e. The number of hydrogen-bond donors (Lipinski definition) is 4. The quantitative estimate of drug-likeness (QED) is 0.497. The lowest BCUT2D eigenvalue weighted by Gasteiger charge is -2.17. The molecule has 0 aliphatic rings. The molecule has 0 spiro atoms. The average Bonchev–Trinajstić information content (AvgIpc) is 2.66. The van der Waals surface area contributed by atoms with Gasteiger partial charge in [0.05, 0.1) is 6.54 Å². The van der Waals surface area contributed by atoms with Gasteiger partial charge < -0.3 is 15.5 Å². The zero-order chi connectivity index (χ0) is 19.6. The van der Waals surface area contributed by atoms with Gasteiger partial charge in [-0.2, -0.15) is 0 Å². The number of hydrogen-bond acceptors (Lipinski definition) is 4. The van der Waals surface area contributed by atoms with Crippen LogP contribution in [0.1, 0.15) is 11.1 Å². The fourth-order valence-corrected chi connectivity index (χ4v) is 2.61. The lowest BCUT2D eigenvalue weighted by atomic mass is 10.1.